The largest absolute Gasteiger partial charge is 0.290 e. The number of aromatic amines is 1. The summed E-state index contributed by atoms with van der Waals surface area (Å²) in [6.45, 7) is 1.71. The standard InChI is InChI=1S/C13H19N5O2S/c1-17-8-10(6-15-17)9-18-5-3-4-11(18)13-12(7-14-16-13)21(2,19)20/h6-8,11H,3-5,9H2,1-2H3,(H,14,16). The lowest BCUT2D eigenvalue weighted by atomic mass is 10.1. The molecule has 0 bridgehead atoms. The summed E-state index contributed by atoms with van der Waals surface area (Å²) < 4.78 is 25.5. The average molecular weight is 309 g/mol. The fourth-order valence-electron chi connectivity index (χ4n) is 2.95. The fourth-order valence-corrected chi connectivity index (χ4v) is 3.77. The highest BCUT2D eigenvalue weighted by molar-refractivity contribution is 7.90. The summed E-state index contributed by atoms with van der Waals surface area (Å²) in [5.41, 5.74) is 1.84. The molecule has 21 heavy (non-hydrogen) atoms. The van der Waals surface area contributed by atoms with Crippen LogP contribution in [0.1, 0.15) is 30.1 Å². The zero-order chi connectivity index (χ0) is 15.0. The summed E-state index contributed by atoms with van der Waals surface area (Å²) >= 11 is 0. The summed E-state index contributed by atoms with van der Waals surface area (Å²) in [6.07, 6.45) is 8.45. The highest BCUT2D eigenvalue weighted by Crippen LogP contribution is 2.34. The second-order valence-electron chi connectivity index (χ2n) is 5.57. The Morgan fingerprint density at radius 3 is 2.90 bits per heavy atom. The molecule has 114 valence electrons. The smallest absolute Gasteiger partial charge is 0.178 e. The Bertz CT molecular complexity index is 733. The number of rotatable bonds is 4. The van der Waals surface area contributed by atoms with Crippen LogP contribution >= 0.6 is 0 Å². The van der Waals surface area contributed by atoms with Gasteiger partial charge in [0.25, 0.3) is 0 Å². The topological polar surface area (TPSA) is 83.9 Å². The molecule has 2 aromatic rings. The molecule has 1 aliphatic heterocycles. The van der Waals surface area contributed by atoms with E-state index in [0.717, 1.165) is 31.5 Å². The molecule has 3 rings (SSSR count). The minimum atomic E-state index is -3.26. The summed E-state index contributed by atoms with van der Waals surface area (Å²) in [5, 5.41) is 11.0. The summed E-state index contributed by atoms with van der Waals surface area (Å²) in [4.78, 5) is 2.59. The predicted octanol–water partition coefficient (Wildman–Crippen LogP) is 0.884. The maximum Gasteiger partial charge on any atom is 0.178 e. The van der Waals surface area contributed by atoms with Crippen molar-refractivity contribution in [2.45, 2.75) is 30.3 Å². The molecule has 0 saturated carbocycles. The highest BCUT2D eigenvalue weighted by atomic mass is 32.2. The second kappa shape index (κ2) is 5.27. The molecule has 1 fully saturated rings. The van der Waals surface area contributed by atoms with Gasteiger partial charge in [-0.1, -0.05) is 0 Å². The molecular formula is C13H19N5O2S. The number of aromatic nitrogens is 4. The van der Waals surface area contributed by atoms with Crippen LogP contribution in [0.15, 0.2) is 23.5 Å². The van der Waals surface area contributed by atoms with Crippen LogP contribution in [0.2, 0.25) is 0 Å². The zero-order valence-electron chi connectivity index (χ0n) is 12.2. The summed E-state index contributed by atoms with van der Waals surface area (Å²) in [7, 11) is -1.37. The van der Waals surface area contributed by atoms with Crippen LogP contribution in [-0.4, -0.2) is 46.1 Å². The van der Waals surface area contributed by atoms with Gasteiger partial charge in [-0.15, -0.1) is 0 Å². The maximum absolute atomic E-state index is 11.8. The van der Waals surface area contributed by atoms with E-state index in [0.29, 0.717) is 10.6 Å². The van der Waals surface area contributed by atoms with Crippen molar-refractivity contribution in [3.63, 3.8) is 0 Å². The number of hydrogen-bond acceptors (Lipinski definition) is 5. The average Bonchev–Trinajstić information content (AvgIpc) is 3.08. The molecule has 3 heterocycles. The number of nitrogens with one attached hydrogen (secondary N) is 1. The van der Waals surface area contributed by atoms with E-state index in [4.69, 9.17) is 0 Å². The van der Waals surface area contributed by atoms with E-state index in [1.54, 1.807) is 4.68 Å². The molecular weight excluding hydrogens is 290 g/mol. The first-order chi connectivity index (χ1) is 9.95. The van der Waals surface area contributed by atoms with E-state index in [-0.39, 0.29) is 6.04 Å². The van der Waals surface area contributed by atoms with Crippen molar-refractivity contribution in [1.29, 1.82) is 0 Å². The Balaban J connectivity index is 1.86. The Hall–Kier alpha value is -1.67. The lowest BCUT2D eigenvalue weighted by molar-refractivity contribution is 0.241. The predicted molar refractivity (Wildman–Crippen MR) is 77.3 cm³/mol. The van der Waals surface area contributed by atoms with Gasteiger partial charge in [0.05, 0.1) is 24.1 Å². The van der Waals surface area contributed by atoms with E-state index in [1.165, 1.54) is 12.5 Å². The van der Waals surface area contributed by atoms with Gasteiger partial charge in [0.1, 0.15) is 4.90 Å². The minimum absolute atomic E-state index is 0.0671. The zero-order valence-corrected chi connectivity index (χ0v) is 13.0. The molecule has 2 aromatic heterocycles. The molecule has 0 aliphatic carbocycles. The first-order valence-electron chi connectivity index (χ1n) is 6.90. The van der Waals surface area contributed by atoms with Crippen LogP contribution in [0.25, 0.3) is 0 Å². The summed E-state index contributed by atoms with van der Waals surface area (Å²) in [6, 6.07) is 0.0671. The first-order valence-corrected chi connectivity index (χ1v) is 8.79. The SMILES string of the molecule is Cn1cc(CN2CCCC2c2[nH]ncc2S(C)(=O)=O)cn1. The molecule has 1 unspecified atom stereocenters. The molecule has 1 atom stereocenters. The Kier molecular flexibility index (Phi) is 3.58. The van der Waals surface area contributed by atoms with Crippen molar-refractivity contribution in [2.24, 2.45) is 7.05 Å². The van der Waals surface area contributed by atoms with Crippen LogP contribution in [0.5, 0.6) is 0 Å². The molecule has 0 aromatic carbocycles. The van der Waals surface area contributed by atoms with Gasteiger partial charge in [0.2, 0.25) is 0 Å². The van der Waals surface area contributed by atoms with Crippen LogP contribution in [0, 0.1) is 0 Å². The number of likely N-dealkylation sites (tertiary alicyclic amines) is 1. The van der Waals surface area contributed by atoms with Gasteiger partial charge >= 0.3 is 0 Å². The normalized spacial score (nSPS) is 20.2. The monoisotopic (exact) mass is 309 g/mol. The van der Waals surface area contributed by atoms with E-state index < -0.39 is 9.84 Å². The first kappa shape index (κ1) is 14.3. The van der Waals surface area contributed by atoms with Gasteiger partial charge in [-0.2, -0.15) is 10.2 Å². The number of aryl methyl sites for hydroxylation is 1. The molecule has 1 aliphatic rings. The third-order valence-electron chi connectivity index (χ3n) is 3.87. The van der Waals surface area contributed by atoms with Gasteiger partial charge in [0, 0.05) is 31.6 Å². The van der Waals surface area contributed by atoms with E-state index in [2.05, 4.69) is 20.2 Å². The van der Waals surface area contributed by atoms with Crippen molar-refractivity contribution in [3.8, 4) is 0 Å². The Morgan fingerprint density at radius 1 is 1.43 bits per heavy atom. The highest BCUT2D eigenvalue weighted by Gasteiger charge is 2.31. The van der Waals surface area contributed by atoms with Crippen molar-refractivity contribution >= 4 is 9.84 Å². The van der Waals surface area contributed by atoms with Gasteiger partial charge in [-0.3, -0.25) is 14.7 Å². The van der Waals surface area contributed by atoms with Gasteiger partial charge in [0.15, 0.2) is 9.84 Å². The fraction of sp³-hybridized carbons (Fsp3) is 0.538. The number of H-pyrrole nitrogens is 1. The van der Waals surface area contributed by atoms with Crippen LogP contribution in [0.4, 0.5) is 0 Å². The van der Waals surface area contributed by atoms with Crippen LogP contribution < -0.4 is 0 Å². The molecule has 0 amide bonds. The van der Waals surface area contributed by atoms with E-state index in [9.17, 15) is 8.42 Å². The third-order valence-corrected chi connectivity index (χ3v) is 5.00. The van der Waals surface area contributed by atoms with Crippen molar-refractivity contribution < 1.29 is 8.42 Å². The molecule has 0 radical (unpaired) electrons. The quantitative estimate of drug-likeness (QED) is 0.906. The number of sulfone groups is 1. The summed E-state index contributed by atoms with van der Waals surface area (Å²) in [5.74, 6) is 0. The van der Waals surface area contributed by atoms with Gasteiger partial charge < -0.3 is 0 Å². The van der Waals surface area contributed by atoms with Crippen molar-refractivity contribution in [1.82, 2.24) is 24.9 Å². The number of hydrogen-bond donors (Lipinski definition) is 1. The van der Waals surface area contributed by atoms with Gasteiger partial charge in [-0.25, -0.2) is 8.42 Å². The number of nitrogens with zero attached hydrogens (tertiary/aromatic N) is 4. The van der Waals surface area contributed by atoms with Crippen molar-refractivity contribution in [3.05, 3.63) is 29.8 Å². The molecule has 0 spiro atoms. The van der Waals surface area contributed by atoms with E-state index >= 15 is 0 Å². The lowest BCUT2D eigenvalue weighted by Gasteiger charge is -2.23. The van der Waals surface area contributed by atoms with E-state index in [1.807, 2.05) is 19.4 Å². The Labute approximate surface area is 123 Å². The third kappa shape index (κ3) is 2.86. The minimum Gasteiger partial charge on any atom is -0.290 e. The second-order valence-corrected chi connectivity index (χ2v) is 7.56. The van der Waals surface area contributed by atoms with Crippen LogP contribution in [-0.2, 0) is 23.4 Å². The van der Waals surface area contributed by atoms with Gasteiger partial charge in [-0.05, 0) is 19.4 Å². The van der Waals surface area contributed by atoms with Crippen molar-refractivity contribution in [2.75, 3.05) is 12.8 Å². The molecule has 1 N–H and O–H groups in total. The molecule has 8 heteroatoms. The molecule has 7 nitrogen and oxygen atoms in total. The molecule has 1 saturated heterocycles. The maximum atomic E-state index is 11.8. The van der Waals surface area contributed by atoms with Crippen LogP contribution in [0.3, 0.4) is 0 Å². The lowest BCUT2D eigenvalue weighted by Crippen LogP contribution is -2.24. The Morgan fingerprint density at radius 2 is 2.24 bits per heavy atom.